The molecule has 1 amide bonds. The molecule has 3 heterocycles. The van der Waals surface area contributed by atoms with Gasteiger partial charge < -0.3 is 29.3 Å². The Morgan fingerprint density at radius 2 is 1.68 bits per heavy atom. The summed E-state index contributed by atoms with van der Waals surface area (Å²) in [6.07, 6.45) is 1.31. The molecule has 0 saturated heterocycles. The first-order valence-corrected chi connectivity index (χ1v) is 11.8. The van der Waals surface area contributed by atoms with E-state index in [1.165, 1.54) is 12.1 Å². The van der Waals surface area contributed by atoms with Crippen molar-refractivity contribution in [3.8, 4) is 5.75 Å². The number of carbonyl (C=O) groups is 2. The van der Waals surface area contributed by atoms with Crippen molar-refractivity contribution in [3.05, 3.63) is 74.5 Å². The van der Waals surface area contributed by atoms with Crippen molar-refractivity contribution in [2.75, 3.05) is 0 Å². The highest BCUT2D eigenvalue weighted by Crippen LogP contribution is 2.34. The molecule has 9 nitrogen and oxygen atoms in total. The molecule has 3 aromatic heterocycles. The summed E-state index contributed by atoms with van der Waals surface area (Å²) in [5.74, 6) is -0.999. The lowest BCUT2D eigenvalue weighted by Crippen LogP contribution is -2.43. The molecule has 0 fully saturated rings. The summed E-state index contributed by atoms with van der Waals surface area (Å²) in [6, 6.07) is 5.41. The smallest absolute Gasteiger partial charge is 0.340 e. The van der Waals surface area contributed by atoms with Crippen LogP contribution in [0, 0.1) is 27.7 Å². The van der Waals surface area contributed by atoms with E-state index in [2.05, 4.69) is 10.3 Å². The maximum atomic E-state index is 12.9. The number of hydrogen-bond acceptors (Lipinski definition) is 6. The third kappa shape index (κ3) is 4.12. The first kappa shape index (κ1) is 24.2. The molecule has 5 rings (SSSR count). The molecule has 0 aliphatic heterocycles. The first-order chi connectivity index (χ1) is 17.5. The Morgan fingerprint density at radius 1 is 0.973 bits per heavy atom. The zero-order chi connectivity index (χ0) is 26.6. The number of hydrogen-bond donors (Lipinski definition) is 4. The van der Waals surface area contributed by atoms with Gasteiger partial charge in [0.25, 0.3) is 0 Å². The van der Waals surface area contributed by atoms with Crippen molar-refractivity contribution >= 4 is 44.7 Å². The van der Waals surface area contributed by atoms with Crippen LogP contribution in [0.2, 0.25) is 0 Å². The number of H-pyrrole nitrogens is 1. The molecule has 0 spiro atoms. The van der Waals surface area contributed by atoms with E-state index in [4.69, 9.17) is 8.83 Å². The number of phenols is 1. The van der Waals surface area contributed by atoms with E-state index in [0.717, 1.165) is 22.2 Å². The minimum absolute atomic E-state index is 0.00781. The summed E-state index contributed by atoms with van der Waals surface area (Å²) in [4.78, 5) is 40.8. The number of benzene rings is 2. The number of aryl methyl sites for hydroxylation is 4. The van der Waals surface area contributed by atoms with Crippen LogP contribution in [0.1, 0.15) is 33.6 Å². The maximum absolute atomic E-state index is 12.9. The summed E-state index contributed by atoms with van der Waals surface area (Å²) in [5, 5.41) is 24.4. The molecular formula is C28H26N2O7. The lowest BCUT2D eigenvalue weighted by molar-refractivity contribution is -0.141. The summed E-state index contributed by atoms with van der Waals surface area (Å²) in [5.41, 5.74) is 4.23. The zero-order valence-corrected chi connectivity index (χ0v) is 20.8. The summed E-state index contributed by atoms with van der Waals surface area (Å²) < 4.78 is 11.5. The minimum Gasteiger partial charge on any atom is -0.508 e. The first-order valence-electron chi connectivity index (χ1n) is 11.8. The molecule has 37 heavy (non-hydrogen) atoms. The number of fused-ring (bicyclic) bond motifs is 3. The number of carbonyl (C=O) groups excluding carboxylic acids is 1. The van der Waals surface area contributed by atoms with Crippen LogP contribution in [0.3, 0.4) is 0 Å². The highest BCUT2D eigenvalue weighted by Gasteiger charge is 2.25. The van der Waals surface area contributed by atoms with Crippen LogP contribution in [0.15, 0.2) is 44.1 Å². The third-order valence-corrected chi connectivity index (χ3v) is 7.09. The van der Waals surface area contributed by atoms with Gasteiger partial charge in [-0.2, -0.15) is 0 Å². The number of rotatable bonds is 6. The van der Waals surface area contributed by atoms with Crippen molar-refractivity contribution in [1.29, 1.82) is 0 Å². The lowest BCUT2D eigenvalue weighted by Gasteiger charge is -2.15. The van der Waals surface area contributed by atoms with E-state index >= 15 is 0 Å². The molecule has 4 N–H and O–H groups in total. The Bertz CT molecular complexity index is 1790. The molecule has 0 aliphatic rings. The number of aromatic amines is 1. The fourth-order valence-electron chi connectivity index (χ4n) is 4.86. The topological polar surface area (TPSA) is 146 Å². The van der Waals surface area contributed by atoms with Gasteiger partial charge in [-0.15, -0.1) is 0 Å². The molecule has 2 aromatic carbocycles. The number of nitrogens with one attached hydrogen (secondary N) is 2. The summed E-state index contributed by atoms with van der Waals surface area (Å²) in [6.45, 7) is 7.40. The predicted octanol–water partition coefficient (Wildman–Crippen LogP) is 4.31. The number of aromatic nitrogens is 1. The van der Waals surface area contributed by atoms with Gasteiger partial charge in [-0.25, -0.2) is 9.59 Å². The van der Waals surface area contributed by atoms with E-state index in [0.29, 0.717) is 38.6 Å². The van der Waals surface area contributed by atoms with E-state index in [1.54, 1.807) is 19.2 Å². The highest BCUT2D eigenvalue weighted by atomic mass is 16.4. The normalized spacial score (nSPS) is 12.4. The van der Waals surface area contributed by atoms with Crippen LogP contribution in [0.25, 0.3) is 32.8 Å². The standard InChI is InChI=1S/C28H26N2O7/c1-12-15(4)36-25-14(3)26-19(9-18(12)25)13(2)20(28(35)37-26)10-24(32)30-23(27(33)34)7-16-11-29-22-6-5-17(31)8-21(16)22/h5-6,8-9,11,23,29,31H,7,10H2,1-4H3,(H,30,32)(H,33,34). The van der Waals surface area contributed by atoms with Crippen LogP contribution >= 0.6 is 0 Å². The Balaban J connectivity index is 1.45. The highest BCUT2D eigenvalue weighted by molar-refractivity contribution is 6.00. The van der Waals surface area contributed by atoms with Gasteiger partial charge in [-0.05, 0) is 68.7 Å². The van der Waals surface area contributed by atoms with Gasteiger partial charge in [-0.1, -0.05) is 0 Å². The average Bonchev–Trinajstić information content (AvgIpc) is 3.37. The number of carboxylic acid groups (broad SMARTS) is 1. The van der Waals surface area contributed by atoms with Crippen LogP contribution in [-0.4, -0.2) is 33.1 Å². The van der Waals surface area contributed by atoms with Gasteiger partial charge in [0.05, 0.1) is 12.0 Å². The molecule has 0 radical (unpaired) electrons. The molecule has 1 unspecified atom stereocenters. The molecule has 5 aromatic rings. The maximum Gasteiger partial charge on any atom is 0.340 e. The van der Waals surface area contributed by atoms with Crippen molar-refractivity contribution < 1.29 is 28.6 Å². The van der Waals surface area contributed by atoms with Crippen LogP contribution in [0.5, 0.6) is 5.75 Å². The van der Waals surface area contributed by atoms with Gasteiger partial charge in [-0.3, -0.25) is 4.79 Å². The molecular weight excluding hydrogens is 476 g/mol. The van der Waals surface area contributed by atoms with Gasteiger partial charge in [0.15, 0.2) is 0 Å². The van der Waals surface area contributed by atoms with Crippen molar-refractivity contribution in [3.63, 3.8) is 0 Å². The van der Waals surface area contributed by atoms with E-state index in [-0.39, 0.29) is 24.2 Å². The SMILES string of the molecule is Cc1oc2c(C)c3oc(=O)c(CC(=O)NC(Cc4c[nH]c5ccc(O)cc45)C(=O)O)c(C)c3cc2c1C. The number of furan rings is 1. The van der Waals surface area contributed by atoms with Gasteiger partial charge in [0.1, 0.15) is 28.7 Å². The third-order valence-electron chi connectivity index (χ3n) is 7.09. The minimum atomic E-state index is -1.24. The second-order valence-corrected chi connectivity index (χ2v) is 9.41. The van der Waals surface area contributed by atoms with Gasteiger partial charge >= 0.3 is 11.6 Å². The predicted molar refractivity (Wildman–Crippen MR) is 138 cm³/mol. The second kappa shape index (κ2) is 8.85. The van der Waals surface area contributed by atoms with Crippen LogP contribution in [-0.2, 0) is 22.4 Å². The van der Waals surface area contributed by atoms with Gasteiger partial charge in [0, 0.05) is 39.9 Å². The Kier molecular flexibility index (Phi) is 5.78. The average molecular weight is 503 g/mol. The lowest BCUT2D eigenvalue weighted by atomic mass is 9.98. The quantitative estimate of drug-likeness (QED) is 0.253. The molecule has 1 atom stereocenters. The largest absolute Gasteiger partial charge is 0.508 e. The second-order valence-electron chi connectivity index (χ2n) is 9.41. The fraction of sp³-hybridized carbons (Fsp3) is 0.250. The number of amides is 1. The van der Waals surface area contributed by atoms with Crippen molar-refractivity contribution in [2.24, 2.45) is 0 Å². The molecule has 0 aliphatic carbocycles. The Hall–Kier alpha value is -4.53. The van der Waals surface area contributed by atoms with E-state index in [9.17, 15) is 24.6 Å². The molecule has 0 bridgehead atoms. The van der Waals surface area contributed by atoms with E-state index < -0.39 is 23.5 Å². The fourth-order valence-corrected chi connectivity index (χ4v) is 4.86. The van der Waals surface area contributed by atoms with E-state index in [1.807, 2.05) is 26.8 Å². The van der Waals surface area contributed by atoms with Crippen molar-refractivity contribution in [1.82, 2.24) is 10.3 Å². The summed E-state index contributed by atoms with van der Waals surface area (Å²) >= 11 is 0. The Morgan fingerprint density at radius 3 is 2.41 bits per heavy atom. The zero-order valence-electron chi connectivity index (χ0n) is 20.8. The van der Waals surface area contributed by atoms with Crippen LogP contribution in [0.4, 0.5) is 0 Å². The summed E-state index contributed by atoms with van der Waals surface area (Å²) in [7, 11) is 0. The molecule has 0 saturated carbocycles. The number of phenolic OH excluding ortho intramolecular Hbond substituents is 1. The number of carboxylic acids is 1. The molecule has 9 heteroatoms. The Labute approximate surface area is 210 Å². The monoisotopic (exact) mass is 502 g/mol. The van der Waals surface area contributed by atoms with Crippen molar-refractivity contribution in [2.45, 2.75) is 46.6 Å². The van der Waals surface area contributed by atoms with Gasteiger partial charge in [0.2, 0.25) is 5.91 Å². The molecule has 190 valence electrons. The number of aliphatic carboxylic acids is 1. The number of aromatic hydroxyl groups is 1. The van der Waals surface area contributed by atoms with Crippen LogP contribution < -0.4 is 10.9 Å².